The molecule has 1 aromatic rings. The van der Waals surface area contributed by atoms with Gasteiger partial charge in [0, 0.05) is 25.2 Å². The van der Waals surface area contributed by atoms with Crippen LogP contribution in [0, 0.1) is 6.92 Å². The van der Waals surface area contributed by atoms with Crippen molar-refractivity contribution in [3.05, 3.63) is 27.7 Å². The van der Waals surface area contributed by atoms with Gasteiger partial charge >= 0.3 is 6.03 Å². The molecule has 1 fully saturated rings. The van der Waals surface area contributed by atoms with Crippen LogP contribution in [0.25, 0.3) is 0 Å². The van der Waals surface area contributed by atoms with Crippen molar-refractivity contribution in [3.8, 4) is 0 Å². The molecule has 1 aliphatic rings. The highest BCUT2D eigenvalue weighted by Gasteiger charge is 2.19. The first-order valence-electron chi connectivity index (χ1n) is 7.07. The number of benzene rings is 1. The molecule has 4 nitrogen and oxygen atoms in total. The highest BCUT2D eigenvalue weighted by molar-refractivity contribution is 6.38. The van der Waals surface area contributed by atoms with E-state index in [0.29, 0.717) is 22.3 Å². The second-order valence-corrected chi connectivity index (χ2v) is 6.12. The van der Waals surface area contributed by atoms with Gasteiger partial charge in [0.1, 0.15) is 0 Å². The average Bonchev–Trinajstić information content (AvgIpc) is 2.48. The molecule has 0 aliphatic carbocycles. The number of amides is 2. The van der Waals surface area contributed by atoms with Gasteiger partial charge in [0.25, 0.3) is 0 Å². The molecule has 0 spiro atoms. The van der Waals surface area contributed by atoms with Crippen LogP contribution in [0.4, 0.5) is 10.5 Å². The quantitative estimate of drug-likeness (QED) is 0.895. The van der Waals surface area contributed by atoms with E-state index in [1.807, 2.05) is 6.92 Å². The lowest BCUT2D eigenvalue weighted by Gasteiger charge is -2.27. The van der Waals surface area contributed by atoms with Crippen LogP contribution in [0.5, 0.6) is 0 Å². The molecule has 0 saturated carbocycles. The summed E-state index contributed by atoms with van der Waals surface area (Å²) in [7, 11) is 1.75. The van der Waals surface area contributed by atoms with Gasteiger partial charge in [0.05, 0.1) is 16.8 Å². The maximum absolute atomic E-state index is 12.2. The van der Waals surface area contributed by atoms with Crippen LogP contribution in [0.1, 0.15) is 24.8 Å². The van der Waals surface area contributed by atoms with E-state index in [1.54, 1.807) is 24.1 Å². The predicted molar refractivity (Wildman–Crippen MR) is 86.4 cm³/mol. The number of halogens is 2. The summed E-state index contributed by atoms with van der Waals surface area (Å²) in [6, 6.07) is 3.23. The molecule has 21 heavy (non-hydrogen) atoms. The third kappa shape index (κ3) is 4.25. The lowest BCUT2D eigenvalue weighted by molar-refractivity contribution is 0.00463. The van der Waals surface area contributed by atoms with Crippen molar-refractivity contribution in [2.45, 2.75) is 32.3 Å². The van der Waals surface area contributed by atoms with Crippen molar-refractivity contribution in [2.24, 2.45) is 0 Å². The Hall–Kier alpha value is -0.970. The fourth-order valence-electron chi connectivity index (χ4n) is 2.31. The first-order valence-corrected chi connectivity index (χ1v) is 7.83. The van der Waals surface area contributed by atoms with E-state index in [4.69, 9.17) is 27.9 Å². The van der Waals surface area contributed by atoms with E-state index in [9.17, 15) is 4.79 Å². The molecule has 1 atom stereocenters. The van der Waals surface area contributed by atoms with Crippen molar-refractivity contribution in [2.75, 3.05) is 25.5 Å². The second-order valence-electron chi connectivity index (χ2n) is 5.33. The summed E-state index contributed by atoms with van der Waals surface area (Å²) in [6.45, 7) is 3.18. The third-order valence-corrected chi connectivity index (χ3v) is 4.56. The molecule has 1 N–H and O–H groups in total. The van der Waals surface area contributed by atoms with Crippen molar-refractivity contribution in [1.29, 1.82) is 0 Å². The molecule has 6 heteroatoms. The minimum atomic E-state index is -0.201. The first kappa shape index (κ1) is 16.4. The fraction of sp³-hybridized carbons (Fsp3) is 0.533. The van der Waals surface area contributed by atoms with Gasteiger partial charge in [-0.1, -0.05) is 23.2 Å². The number of anilines is 1. The molecule has 116 valence electrons. The number of hydrogen-bond donors (Lipinski definition) is 1. The summed E-state index contributed by atoms with van der Waals surface area (Å²) < 4.78 is 5.64. The fourth-order valence-corrected chi connectivity index (χ4v) is 2.73. The summed E-state index contributed by atoms with van der Waals surface area (Å²) >= 11 is 12.2. The largest absolute Gasteiger partial charge is 0.376 e. The van der Waals surface area contributed by atoms with E-state index < -0.39 is 0 Å². The van der Waals surface area contributed by atoms with Crippen LogP contribution >= 0.6 is 23.2 Å². The normalized spacial score (nSPS) is 18.4. The van der Waals surface area contributed by atoms with Gasteiger partial charge in [-0.25, -0.2) is 4.79 Å². The van der Waals surface area contributed by atoms with E-state index in [0.717, 1.165) is 31.4 Å². The molecule has 2 rings (SSSR count). The first-order chi connectivity index (χ1) is 9.99. The lowest BCUT2D eigenvalue weighted by Crippen LogP contribution is -2.39. The van der Waals surface area contributed by atoms with Crippen molar-refractivity contribution in [3.63, 3.8) is 0 Å². The second kappa shape index (κ2) is 7.34. The van der Waals surface area contributed by atoms with Crippen molar-refractivity contribution >= 4 is 34.9 Å². The third-order valence-electron chi connectivity index (χ3n) is 3.66. The molecule has 0 bridgehead atoms. The number of ether oxygens (including phenoxy) is 1. The standard InChI is InChI=1S/C15H20Cl2N2O2/c1-10-12(16)6-7-13(14(10)17)18-15(20)19(2)9-11-5-3-4-8-21-11/h6-7,11H,3-5,8-9H2,1-2H3,(H,18,20)/t11-/m1/s1. The minimum absolute atomic E-state index is 0.122. The molecule has 0 unspecified atom stereocenters. The molecule has 2 amide bonds. The topological polar surface area (TPSA) is 41.6 Å². The van der Waals surface area contributed by atoms with E-state index in [1.165, 1.54) is 0 Å². The number of nitrogens with one attached hydrogen (secondary N) is 1. The minimum Gasteiger partial charge on any atom is -0.376 e. The highest BCUT2D eigenvalue weighted by atomic mass is 35.5. The van der Waals surface area contributed by atoms with Crippen LogP contribution in [0.3, 0.4) is 0 Å². The van der Waals surface area contributed by atoms with Gasteiger partial charge in [-0.2, -0.15) is 0 Å². The smallest absolute Gasteiger partial charge is 0.321 e. The summed E-state index contributed by atoms with van der Waals surface area (Å²) in [6.07, 6.45) is 3.38. The molecular formula is C15H20Cl2N2O2. The van der Waals surface area contributed by atoms with Crippen molar-refractivity contribution in [1.82, 2.24) is 4.90 Å². The highest BCUT2D eigenvalue weighted by Crippen LogP contribution is 2.31. The molecular weight excluding hydrogens is 311 g/mol. The molecule has 1 aliphatic heterocycles. The monoisotopic (exact) mass is 330 g/mol. The molecule has 1 heterocycles. The van der Waals surface area contributed by atoms with Gasteiger partial charge in [0.15, 0.2) is 0 Å². The van der Waals surface area contributed by atoms with Crippen LogP contribution < -0.4 is 5.32 Å². The van der Waals surface area contributed by atoms with Gasteiger partial charge in [-0.05, 0) is 43.9 Å². The zero-order valence-corrected chi connectivity index (χ0v) is 13.8. The number of hydrogen-bond acceptors (Lipinski definition) is 2. The summed E-state index contributed by atoms with van der Waals surface area (Å²) in [5, 5.41) is 3.86. The number of carbonyl (C=O) groups excluding carboxylic acids is 1. The molecule has 0 aromatic heterocycles. The van der Waals surface area contributed by atoms with E-state index >= 15 is 0 Å². The zero-order valence-electron chi connectivity index (χ0n) is 12.3. The SMILES string of the molecule is Cc1c(Cl)ccc(NC(=O)N(C)C[C@H]2CCCCO2)c1Cl. The maximum Gasteiger partial charge on any atom is 0.321 e. The Balaban J connectivity index is 1.95. The molecule has 1 aromatic carbocycles. The molecule has 0 radical (unpaired) electrons. The zero-order chi connectivity index (χ0) is 15.4. The van der Waals surface area contributed by atoms with E-state index in [2.05, 4.69) is 5.32 Å². The summed E-state index contributed by atoms with van der Waals surface area (Å²) in [5.74, 6) is 0. The maximum atomic E-state index is 12.2. The predicted octanol–water partition coefficient (Wildman–Crippen LogP) is 4.33. The van der Waals surface area contributed by atoms with Crippen LogP contribution in [0.2, 0.25) is 10.0 Å². The Kier molecular flexibility index (Phi) is 5.73. The Labute approximate surface area is 135 Å². The van der Waals surface area contributed by atoms with Crippen LogP contribution in [-0.2, 0) is 4.74 Å². The van der Waals surface area contributed by atoms with Gasteiger partial charge in [-0.3, -0.25) is 0 Å². The number of urea groups is 1. The number of likely N-dealkylation sites (N-methyl/N-ethyl adjacent to an activating group) is 1. The van der Waals surface area contributed by atoms with Crippen LogP contribution in [-0.4, -0.2) is 37.2 Å². The van der Waals surface area contributed by atoms with Gasteiger partial charge in [-0.15, -0.1) is 0 Å². The van der Waals surface area contributed by atoms with Gasteiger partial charge < -0.3 is 15.0 Å². The Bertz CT molecular complexity index is 517. The number of nitrogens with zero attached hydrogens (tertiary/aromatic N) is 1. The van der Waals surface area contributed by atoms with Crippen molar-refractivity contribution < 1.29 is 9.53 Å². The Morgan fingerprint density at radius 2 is 2.19 bits per heavy atom. The van der Waals surface area contributed by atoms with Crippen LogP contribution in [0.15, 0.2) is 12.1 Å². The Morgan fingerprint density at radius 1 is 1.43 bits per heavy atom. The summed E-state index contributed by atoms with van der Waals surface area (Å²) in [4.78, 5) is 13.8. The Morgan fingerprint density at radius 3 is 2.86 bits per heavy atom. The molecule has 1 saturated heterocycles. The summed E-state index contributed by atoms with van der Waals surface area (Å²) in [5.41, 5.74) is 1.33. The lowest BCUT2D eigenvalue weighted by atomic mass is 10.1. The number of rotatable bonds is 3. The van der Waals surface area contributed by atoms with E-state index in [-0.39, 0.29) is 12.1 Å². The number of carbonyl (C=O) groups is 1. The van der Waals surface area contributed by atoms with Gasteiger partial charge in [0.2, 0.25) is 0 Å². The average molecular weight is 331 g/mol.